The van der Waals surface area contributed by atoms with Gasteiger partial charge in [-0.1, -0.05) is 13.8 Å². The van der Waals surface area contributed by atoms with Crippen molar-refractivity contribution < 1.29 is 13.9 Å². The molecule has 114 valence electrons. The Morgan fingerprint density at radius 3 is 2.76 bits per heavy atom. The highest BCUT2D eigenvalue weighted by atomic mass is 79.9. The quantitative estimate of drug-likeness (QED) is 0.812. The SMILES string of the molecule is COc1ccc(OCc2ccoc2CNC(C)C)c(Br)c1. The highest BCUT2D eigenvalue weighted by molar-refractivity contribution is 9.10. The van der Waals surface area contributed by atoms with E-state index in [0.717, 1.165) is 27.3 Å². The number of furan rings is 1. The monoisotopic (exact) mass is 353 g/mol. The molecule has 1 aromatic heterocycles. The van der Waals surface area contributed by atoms with Gasteiger partial charge in [-0.05, 0) is 40.2 Å². The molecular weight excluding hydrogens is 334 g/mol. The van der Waals surface area contributed by atoms with Gasteiger partial charge < -0.3 is 19.2 Å². The molecule has 1 aromatic carbocycles. The Morgan fingerprint density at radius 1 is 1.29 bits per heavy atom. The molecule has 2 aromatic rings. The van der Waals surface area contributed by atoms with Crippen LogP contribution < -0.4 is 14.8 Å². The van der Waals surface area contributed by atoms with Gasteiger partial charge in [-0.25, -0.2) is 0 Å². The van der Waals surface area contributed by atoms with Gasteiger partial charge >= 0.3 is 0 Å². The van der Waals surface area contributed by atoms with Crippen LogP contribution in [0.1, 0.15) is 25.2 Å². The standard InChI is InChI=1S/C16H20BrNO3/c1-11(2)18-9-16-12(6-7-20-16)10-21-15-5-4-13(19-3)8-14(15)17/h4-8,11,18H,9-10H2,1-3H3. The summed E-state index contributed by atoms with van der Waals surface area (Å²) in [5, 5.41) is 3.34. The van der Waals surface area contributed by atoms with E-state index in [4.69, 9.17) is 13.9 Å². The molecule has 1 N–H and O–H groups in total. The molecule has 1 heterocycles. The summed E-state index contributed by atoms with van der Waals surface area (Å²) in [6, 6.07) is 7.99. The first kappa shape index (κ1) is 15.9. The number of rotatable bonds is 7. The van der Waals surface area contributed by atoms with Crippen LogP contribution in [0.3, 0.4) is 0 Å². The van der Waals surface area contributed by atoms with Crippen LogP contribution >= 0.6 is 15.9 Å². The normalized spacial score (nSPS) is 10.9. The number of hydrogen-bond donors (Lipinski definition) is 1. The Balaban J connectivity index is 1.98. The van der Waals surface area contributed by atoms with Crippen molar-refractivity contribution in [1.29, 1.82) is 0 Å². The number of ether oxygens (including phenoxy) is 2. The summed E-state index contributed by atoms with van der Waals surface area (Å²) in [7, 11) is 1.64. The van der Waals surface area contributed by atoms with Crippen molar-refractivity contribution in [3.05, 3.63) is 46.3 Å². The van der Waals surface area contributed by atoms with Gasteiger partial charge in [0.15, 0.2) is 0 Å². The van der Waals surface area contributed by atoms with E-state index in [-0.39, 0.29) is 0 Å². The number of nitrogens with one attached hydrogen (secondary N) is 1. The third-order valence-corrected chi connectivity index (χ3v) is 3.65. The minimum absolute atomic E-state index is 0.416. The first-order valence-electron chi connectivity index (χ1n) is 6.85. The Hall–Kier alpha value is -1.46. The number of halogens is 1. The molecule has 0 atom stereocenters. The van der Waals surface area contributed by atoms with Gasteiger partial charge in [0.1, 0.15) is 23.9 Å². The maximum atomic E-state index is 5.84. The van der Waals surface area contributed by atoms with Crippen LogP contribution in [-0.2, 0) is 13.2 Å². The molecule has 0 bridgehead atoms. The van der Waals surface area contributed by atoms with Crippen LogP contribution in [-0.4, -0.2) is 13.2 Å². The third-order valence-electron chi connectivity index (χ3n) is 3.03. The van der Waals surface area contributed by atoms with Crippen molar-refractivity contribution in [1.82, 2.24) is 5.32 Å². The lowest BCUT2D eigenvalue weighted by Crippen LogP contribution is -2.22. The number of methoxy groups -OCH3 is 1. The second-order valence-corrected chi connectivity index (χ2v) is 5.84. The van der Waals surface area contributed by atoms with Gasteiger partial charge in [0.25, 0.3) is 0 Å². The fourth-order valence-electron chi connectivity index (χ4n) is 1.83. The zero-order valence-electron chi connectivity index (χ0n) is 12.5. The summed E-state index contributed by atoms with van der Waals surface area (Å²) in [5.41, 5.74) is 1.05. The lowest BCUT2D eigenvalue weighted by Gasteiger charge is -2.11. The predicted molar refractivity (Wildman–Crippen MR) is 85.7 cm³/mol. The highest BCUT2D eigenvalue weighted by Gasteiger charge is 2.09. The summed E-state index contributed by atoms with van der Waals surface area (Å²) in [6.07, 6.45) is 1.69. The Morgan fingerprint density at radius 2 is 2.10 bits per heavy atom. The molecule has 21 heavy (non-hydrogen) atoms. The van der Waals surface area contributed by atoms with Gasteiger partial charge in [0.05, 0.1) is 24.4 Å². The number of hydrogen-bond acceptors (Lipinski definition) is 4. The van der Waals surface area contributed by atoms with Crippen LogP contribution in [0.4, 0.5) is 0 Å². The van der Waals surface area contributed by atoms with Crippen molar-refractivity contribution >= 4 is 15.9 Å². The molecule has 0 unspecified atom stereocenters. The molecule has 0 aliphatic carbocycles. The zero-order chi connectivity index (χ0) is 15.2. The van der Waals surface area contributed by atoms with Crippen molar-refractivity contribution in [3.63, 3.8) is 0 Å². The smallest absolute Gasteiger partial charge is 0.134 e. The molecule has 5 heteroatoms. The van der Waals surface area contributed by atoms with Crippen molar-refractivity contribution in [3.8, 4) is 11.5 Å². The minimum atomic E-state index is 0.416. The van der Waals surface area contributed by atoms with E-state index in [9.17, 15) is 0 Å². The number of benzene rings is 1. The second-order valence-electron chi connectivity index (χ2n) is 4.99. The lowest BCUT2D eigenvalue weighted by atomic mass is 10.2. The van der Waals surface area contributed by atoms with Crippen LogP contribution in [0.5, 0.6) is 11.5 Å². The molecule has 0 amide bonds. The van der Waals surface area contributed by atoms with E-state index in [1.807, 2.05) is 24.3 Å². The van der Waals surface area contributed by atoms with Gasteiger partial charge in [-0.15, -0.1) is 0 Å². The first-order valence-corrected chi connectivity index (χ1v) is 7.64. The highest BCUT2D eigenvalue weighted by Crippen LogP contribution is 2.30. The topological polar surface area (TPSA) is 43.6 Å². The van der Waals surface area contributed by atoms with E-state index in [0.29, 0.717) is 19.2 Å². The summed E-state index contributed by atoms with van der Waals surface area (Å²) >= 11 is 3.48. The van der Waals surface area contributed by atoms with Gasteiger partial charge in [0, 0.05) is 11.6 Å². The fourth-order valence-corrected chi connectivity index (χ4v) is 2.30. The average Bonchev–Trinajstić information content (AvgIpc) is 2.91. The summed E-state index contributed by atoms with van der Waals surface area (Å²) in [5.74, 6) is 2.48. The van der Waals surface area contributed by atoms with E-state index < -0.39 is 0 Å². The Kier molecular flexibility index (Phi) is 5.70. The molecule has 0 radical (unpaired) electrons. The van der Waals surface area contributed by atoms with E-state index in [1.165, 1.54) is 0 Å². The fraction of sp³-hybridized carbons (Fsp3) is 0.375. The lowest BCUT2D eigenvalue weighted by molar-refractivity contribution is 0.298. The third kappa shape index (κ3) is 4.51. The molecule has 0 saturated carbocycles. The first-order chi connectivity index (χ1) is 10.1. The van der Waals surface area contributed by atoms with Crippen LogP contribution in [0, 0.1) is 0 Å². The summed E-state index contributed by atoms with van der Waals surface area (Å²) < 4.78 is 17.4. The minimum Gasteiger partial charge on any atom is -0.497 e. The second kappa shape index (κ2) is 7.52. The Bertz CT molecular complexity index is 581. The molecule has 0 aliphatic heterocycles. The van der Waals surface area contributed by atoms with Crippen molar-refractivity contribution in [2.45, 2.75) is 33.0 Å². The van der Waals surface area contributed by atoms with Crippen molar-refractivity contribution in [2.24, 2.45) is 0 Å². The molecule has 0 spiro atoms. The van der Waals surface area contributed by atoms with E-state index in [2.05, 4.69) is 35.1 Å². The van der Waals surface area contributed by atoms with E-state index >= 15 is 0 Å². The van der Waals surface area contributed by atoms with Gasteiger partial charge in [-0.3, -0.25) is 0 Å². The zero-order valence-corrected chi connectivity index (χ0v) is 14.1. The average molecular weight is 354 g/mol. The summed E-state index contributed by atoms with van der Waals surface area (Å²) in [6.45, 7) is 5.38. The molecule has 4 nitrogen and oxygen atoms in total. The molecule has 0 saturated heterocycles. The van der Waals surface area contributed by atoms with Crippen molar-refractivity contribution in [2.75, 3.05) is 7.11 Å². The maximum absolute atomic E-state index is 5.84. The van der Waals surface area contributed by atoms with Gasteiger partial charge in [-0.2, -0.15) is 0 Å². The molecule has 0 aliphatic rings. The summed E-state index contributed by atoms with van der Waals surface area (Å²) in [4.78, 5) is 0. The largest absolute Gasteiger partial charge is 0.497 e. The molecule has 0 fully saturated rings. The van der Waals surface area contributed by atoms with Crippen LogP contribution in [0.25, 0.3) is 0 Å². The molecular formula is C16H20BrNO3. The van der Waals surface area contributed by atoms with E-state index in [1.54, 1.807) is 13.4 Å². The predicted octanol–water partition coefficient (Wildman–Crippen LogP) is 4.13. The van der Waals surface area contributed by atoms with Gasteiger partial charge in [0.2, 0.25) is 0 Å². The maximum Gasteiger partial charge on any atom is 0.134 e. The van der Waals surface area contributed by atoms with Crippen LogP contribution in [0.2, 0.25) is 0 Å². The molecule has 2 rings (SSSR count). The Labute approximate surface area is 133 Å². The van der Waals surface area contributed by atoms with Crippen LogP contribution in [0.15, 0.2) is 39.4 Å².